The lowest BCUT2D eigenvalue weighted by molar-refractivity contribution is -0.134. The van der Waals surface area contributed by atoms with Crippen molar-refractivity contribution < 1.29 is 14.4 Å². The Kier molecular flexibility index (Phi) is 6.13. The van der Waals surface area contributed by atoms with Gasteiger partial charge in [-0.3, -0.25) is 14.4 Å². The molecular weight excluding hydrogens is 352 g/mol. The van der Waals surface area contributed by atoms with Gasteiger partial charge in [-0.1, -0.05) is 17.8 Å². The molecule has 8 heteroatoms. The van der Waals surface area contributed by atoms with Crippen LogP contribution in [0.4, 0.5) is 10.6 Å². The van der Waals surface area contributed by atoms with Crippen LogP contribution in [0.2, 0.25) is 0 Å². The van der Waals surface area contributed by atoms with E-state index in [1.807, 2.05) is 19.1 Å². The highest BCUT2D eigenvalue weighted by molar-refractivity contribution is 8.13. The molecule has 2 fully saturated rings. The summed E-state index contributed by atoms with van der Waals surface area (Å²) in [7, 11) is 0. The van der Waals surface area contributed by atoms with Gasteiger partial charge in [-0.15, -0.1) is 0 Å². The van der Waals surface area contributed by atoms with E-state index in [1.54, 1.807) is 16.0 Å². The molecule has 0 radical (unpaired) electrons. The third kappa shape index (κ3) is 4.55. The number of pyridine rings is 1. The Morgan fingerprint density at radius 1 is 1.38 bits per heavy atom. The third-order valence-corrected chi connectivity index (χ3v) is 5.73. The number of nitrogens with zero attached hydrogens (tertiary/aromatic N) is 3. The second-order valence-electron chi connectivity index (χ2n) is 6.69. The lowest BCUT2D eigenvalue weighted by Gasteiger charge is -2.32. The Morgan fingerprint density at radius 3 is 2.96 bits per heavy atom. The zero-order valence-corrected chi connectivity index (χ0v) is 15.8. The van der Waals surface area contributed by atoms with E-state index < -0.39 is 0 Å². The summed E-state index contributed by atoms with van der Waals surface area (Å²) in [6, 6.07) is 3.73. The zero-order valence-electron chi connectivity index (χ0n) is 14.9. The summed E-state index contributed by atoms with van der Waals surface area (Å²) in [5.41, 5.74) is 0.915. The first kappa shape index (κ1) is 18.7. The van der Waals surface area contributed by atoms with E-state index in [0.717, 1.165) is 24.2 Å². The van der Waals surface area contributed by atoms with E-state index in [2.05, 4.69) is 10.3 Å². The van der Waals surface area contributed by atoms with Crippen molar-refractivity contribution in [2.24, 2.45) is 5.92 Å². The molecule has 140 valence electrons. The minimum atomic E-state index is -0.224. The van der Waals surface area contributed by atoms with Gasteiger partial charge in [0.25, 0.3) is 5.24 Å². The van der Waals surface area contributed by atoms with E-state index in [-0.39, 0.29) is 23.0 Å². The highest BCUT2D eigenvalue weighted by atomic mass is 32.2. The monoisotopic (exact) mass is 376 g/mol. The number of likely N-dealkylation sites (tertiary alicyclic amines) is 1. The van der Waals surface area contributed by atoms with Crippen LogP contribution < -0.4 is 5.32 Å². The number of thioether (sulfide) groups is 1. The number of aryl methyl sites for hydroxylation is 1. The molecule has 7 nitrogen and oxygen atoms in total. The molecule has 3 amide bonds. The van der Waals surface area contributed by atoms with E-state index in [4.69, 9.17) is 0 Å². The van der Waals surface area contributed by atoms with Crippen molar-refractivity contribution in [1.82, 2.24) is 14.8 Å². The Morgan fingerprint density at radius 2 is 2.23 bits per heavy atom. The van der Waals surface area contributed by atoms with Crippen LogP contribution in [0, 0.1) is 12.8 Å². The van der Waals surface area contributed by atoms with Crippen LogP contribution in [-0.4, -0.2) is 63.8 Å². The summed E-state index contributed by atoms with van der Waals surface area (Å²) in [6.45, 7) is 4.18. The minimum Gasteiger partial charge on any atom is -0.342 e. The smallest absolute Gasteiger partial charge is 0.281 e. The van der Waals surface area contributed by atoms with Gasteiger partial charge < -0.3 is 15.1 Å². The lowest BCUT2D eigenvalue weighted by atomic mass is 9.96. The first-order valence-corrected chi connectivity index (χ1v) is 9.95. The molecule has 3 heterocycles. The van der Waals surface area contributed by atoms with Crippen molar-refractivity contribution in [3.05, 3.63) is 23.9 Å². The standard InChI is InChI=1S/C18H24N4O3S/c1-13-4-2-7-19-16(13)20-17(24)14-5-3-8-22(12-14)15(23)6-9-21-10-11-26-18(21)25/h2,4,7,14H,3,5-6,8-12H2,1H3,(H,19,20,24). The molecular formula is C18H24N4O3S. The van der Waals surface area contributed by atoms with Gasteiger partial charge >= 0.3 is 0 Å². The fraction of sp³-hybridized carbons (Fsp3) is 0.556. The van der Waals surface area contributed by atoms with Crippen LogP contribution in [-0.2, 0) is 9.59 Å². The van der Waals surface area contributed by atoms with E-state index in [1.165, 1.54) is 11.8 Å². The van der Waals surface area contributed by atoms with Gasteiger partial charge in [0.05, 0.1) is 5.92 Å². The van der Waals surface area contributed by atoms with Crippen molar-refractivity contribution in [2.75, 3.05) is 37.2 Å². The average Bonchev–Trinajstić information content (AvgIpc) is 3.06. The molecule has 0 bridgehead atoms. The van der Waals surface area contributed by atoms with Gasteiger partial charge in [-0.2, -0.15) is 0 Å². The highest BCUT2D eigenvalue weighted by Gasteiger charge is 2.29. The van der Waals surface area contributed by atoms with Gasteiger partial charge in [0.1, 0.15) is 5.82 Å². The molecule has 2 aliphatic heterocycles. The van der Waals surface area contributed by atoms with Crippen LogP contribution in [0.1, 0.15) is 24.8 Å². The van der Waals surface area contributed by atoms with Crippen molar-refractivity contribution >= 4 is 34.6 Å². The Labute approximate surface area is 157 Å². The summed E-state index contributed by atoms with van der Waals surface area (Å²) in [4.78, 5) is 44.3. The quantitative estimate of drug-likeness (QED) is 0.851. The number of carbonyl (C=O) groups excluding carboxylic acids is 3. The highest BCUT2D eigenvalue weighted by Crippen LogP contribution is 2.21. The number of carbonyl (C=O) groups is 3. The number of rotatable bonds is 5. The molecule has 0 saturated carbocycles. The molecule has 3 rings (SSSR count). The number of aromatic nitrogens is 1. The molecule has 1 aromatic rings. The second kappa shape index (κ2) is 8.53. The summed E-state index contributed by atoms with van der Waals surface area (Å²) in [5, 5.41) is 2.93. The molecule has 2 saturated heterocycles. The molecule has 2 aliphatic rings. The predicted molar refractivity (Wildman–Crippen MR) is 101 cm³/mol. The average molecular weight is 376 g/mol. The van der Waals surface area contributed by atoms with Crippen molar-refractivity contribution in [1.29, 1.82) is 0 Å². The predicted octanol–water partition coefficient (Wildman–Crippen LogP) is 2.13. The summed E-state index contributed by atoms with van der Waals surface area (Å²) < 4.78 is 0. The van der Waals surface area contributed by atoms with Gasteiger partial charge in [0.2, 0.25) is 11.8 Å². The number of nitrogens with one attached hydrogen (secondary N) is 1. The topological polar surface area (TPSA) is 82.6 Å². The maximum Gasteiger partial charge on any atom is 0.281 e. The lowest BCUT2D eigenvalue weighted by Crippen LogP contribution is -2.44. The van der Waals surface area contributed by atoms with E-state index in [0.29, 0.717) is 38.4 Å². The SMILES string of the molecule is Cc1cccnc1NC(=O)C1CCCN(C(=O)CCN2CCSC2=O)C1. The summed E-state index contributed by atoms with van der Waals surface area (Å²) >= 11 is 1.30. The molecule has 1 N–H and O–H groups in total. The minimum absolute atomic E-state index is 0.0150. The van der Waals surface area contributed by atoms with Crippen molar-refractivity contribution in [2.45, 2.75) is 26.2 Å². The largest absolute Gasteiger partial charge is 0.342 e. The first-order chi connectivity index (χ1) is 12.5. The summed E-state index contributed by atoms with van der Waals surface area (Å²) in [5.74, 6) is 1.08. The number of amides is 3. The zero-order chi connectivity index (χ0) is 18.5. The maximum absolute atomic E-state index is 12.6. The Balaban J connectivity index is 1.51. The molecule has 26 heavy (non-hydrogen) atoms. The van der Waals surface area contributed by atoms with Gasteiger partial charge in [0, 0.05) is 44.5 Å². The number of piperidine rings is 1. The third-order valence-electron chi connectivity index (χ3n) is 4.84. The normalized spacial score (nSPS) is 20.3. The fourth-order valence-corrected chi connectivity index (χ4v) is 4.12. The number of hydrogen-bond donors (Lipinski definition) is 1. The molecule has 0 spiro atoms. The van der Waals surface area contributed by atoms with Gasteiger partial charge in [0.15, 0.2) is 0 Å². The van der Waals surface area contributed by atoms with Gasteiger partial charge in [-0.05, 0) is 31.4 Å². The Bertz CT molecular complexity index is 697. The second-order valence-corrected chi connectivity index (χ2v) is 7.73. The molecule has 1 aromatic heterocycles. The Hall–Kier alpha value is -2.09. The summed E-state index contributed by atoms with van der Waals surface area (Å²) in [6.07, 6.45) is 3.55. The van der Waals surface area contributed by atoms with Crippen LogP contribution in [0.5, 0.6) is 0 Å². The van der Waals surface area contributed by atoms with Crippen LogP contribution in [0.15, 0.2) is 18.3 Å². The van der Waals surface area contributed by atoms with Gasteiger partial charge in [-0.25, -0.2) is 4.98 Å². The van der Waals surface area contributed by atoms with Crippen LogP contribution >= 0.6 is 11.8 Å². The number of anilines is 1. The van der Waals surface area contributed by atoms with E-state index in [9.17, 15) is 14.4 Å². The first-order valence-electron chi connectivity index (χ1n) is 8.96. The molecule has 0 aromatic carbocycles. The molecule has 0 aliphatic carbocycles. The molecule has 1 unspecified atom stereocenters. The maximum atomic E-state index is 12.6. The molecule has 1 atom stereocenters. The van der Waals surface area contributed by atoms with E-state index >= 15 is 0 Å². The van der Waals surface area contributed by atoms with Crippen molar-refractivity contribution in [3.8, 4) is 0 Å². The van der Waals surface area contributed by atoms with Crippen molar-refractivity contribution in [3.63, 3.8) is 0 Å². The fourth-order valence-electron chi connectivity index (χ4n) is 3.27. The van der Waals surface area contributed by atoms with Crippen LogP contribution in [0.3, 0.4) is 0 Å². The number of hydrogen-bond acceptors (Lipinski definition) is 5. The van der Waals surface area contributed by atoms with Crippen LogP contribution in [0.25, 0.3) is 0 Å².